The van der Waals surface area contributed by atoms with Gasteiger partial charge in [-0.2, -0.15) is 0 Å². The number of carbonyl (C=O) groups is 2. The summed E-state index contributed by atoms with van der Waals surface area (Å²) < 4.78 is 10.4. The van der Waals surface area contributed by atoms with Crippen molar-refractivity contribution in [1.29, 1.82) is 0 Å². The molecular weight excluding hydrogens is 207 g/mol. The Balaban J connectivity index is 5.09. The van der Waals surface area contributed by atoms with E-state index in [0.717, 1.165) is 0 Å². The Morgan fingerprint density at radius 3 is 1.69 bits per heavy atom. The molecule has 0 aromatic heterocycles. The van der Waals surface area contributed by atoms with Crippen LogP contribution in [0.25, 0.3) is 0 Å². The van der Waals surface area contributed by atoms with Gasteiger partial charge in [0, 0.05) is 0 Å². The van der Waals surface area contributed by atoms with Gasteiger partial charge in [0.15, 0.2) is 0 Å². The van der Waals surface area contributed by atoms with Crippen LogP contribution in [0.15, 0.2) is 0 Å². The summed E-state index contributed by atoms with van der Waals surface area (Å²) in [5.74, 6) is -4.10. The fourth-order valence-electron chi connectivity index (χ4n) is 0.514. The van der Waals surface area contributed by atoms with Gasteiger partial charge in [-0.1, -0.05) is 0 Å². The molecule has 0 saturated carbocycles. The van der Waals surface area contributed by atoms with Crippen molar-refractivity contribution in [3.05, 3.63) is 0 Å². The van der Waals surface area contributed by atoms with Gasteiger partial charge in [0.1, 0.15) is 0 Å². The molecule has 13 heavy (non-hydrogen) atoms. The molecular formula is C4H7O8P. The number of rotatable bonds is 4. The molecule has 0 heterocycles. The average molecular weight is 214 g/mol. The van der Waals surface area contributed by atoms with Crippen molar-refractivity contribution in [2.24, 2.45) is 0 Å². The lowest BCUT2D eigenvalue weighted by Crippen LogP contribution is -2.40. The van der Waals surface area contributed by atoms with Gasteiger partial charge in [0.05, 0.1) is 6.42 Å². The Hall–Kier alpha value is -0.950. The number of carboxylic acid groups (broad SMARTS) is 2. The zero-order valence-electron chi connectivity index (χ0n) is 6.12. The predicted molar refractivity (Wildman–Crippen MR) is 36.9 cm³/mol. The monoisotopic (exact) mass is 214 g/mol. The van der Waals surface area contributed by atoms with Crippen LogP contribution >= 0.6 is 7.60 Å². The maximum absolute atomic E-state index is 10.4. The molecule has 0 aliphatic heterocycles. The van der Waals surface area contributed by atoms with E-state index in [-0.39, 0.29) is 0 Å². The van der Waals surface area contributed by atoms with Gasteiger partial charge in [0.25, 0.3) is 5.34 Å². The normalized spacial score (nSPS) is 16.2. The highest BCUT2D eigenvalue weighted by atomic mass is 31.2. The third-order valence-corrected chi connectivity index (χ3v) is 2.54. The van der Waals surface area contributed by atoms with Crippen LogP contribution in [0.2, 0.25) is 0 Å². The second-order valence-electron chi connectivity index (χ2n) is 2.24. The van der Waals surface area contributed by atoms with Crippen LogP contribution in [0.4, 0.5) is 0 Å². The fraction of sp³-hybridized carbons (Fsp3) is 0.500. The molecule has 1 atom stereocenters. The van der Waals surface area contributed by atoms with Crippen molar-refractivity contribution in [3.8, 4) is 0 Å². The smallest absolute Gasteiger partial charge is 0.369 e. The van der Waals surface area contributed by atoms with E-state index < -0.39 is 31.3 Å². The summed E-state index contributed by atoms with van der Waals surface area (Å²) in [6.07, 6.45) is -1.56. The molecule has 5 N–H and O–H groups in total. The second-order valence-corrected chi connectivity index (χ2v) is 4.06. The third kappa shape index (κ3) is 2.49. The van der Waals surface area contributed by atoms with Crippen LogP contribution in [0.5, 0.6) is 0 Å². The molecule has 0 rings (SSSR count). The van der Waals surface area contributed by atoms with Crippen LogP contribution in [-0.2, 0) is 14.2 Å². The van der Waals surface area contributed by atoms with Crippen molar-refractivity contribution < 1.29 is 39.3 Å². The lowest BCUT2D eigenvalue weighted by Gasteiger charge is -2.21. The van der Waals surface area contributed by atoms with Crippen molar-refractivity contribution in [2.75, 3.05) is 0 Å². The summed E-state index contributed by atoms with van der Waals surface area (Å²) in [6.45, 7) is 0. The summed E-state index contributed by atoms with van der Waals surface area (Å²) in [5, 5.41) is 21.6. The van der Waals surface area contributed by atoms with E-state index in [4.69, 9.17) is 25.1 Å². The Morgan fingerprint density at radius 1 is 1.23 bits per heavy atom. The van der Waals surface area contributed by atoms with E-state index in [9.17, 15) is 14.2 Å². The average Bonchev–Trinajstić information content (AvgIpc) is 1.82. The van der Waals surface area contributed by atoms with Crippen LogP contribution in [0.1, 0.15) is 6.42 Å². The van der Waals surface area contributed by atoms with E-state index >= 15 is 0 Å². The first-order valence-corrected chi connectivity index (χ1v) is 4.45. The van der Waals surface area contributed by atoms with Crippen molar-refractivity contribution in [2.45, 2.75) is 11.8 Å². The van der Waals surface area contributed by atoms with E-state index in [1.54, 1.807) is 0 Å². The van der Waals surface area contributed by atoms with Gasteiger partial charge in [-0.3, -0.25) is 9.36 Å². The molecule has 0 amide bonds. The van der Waals surface area contributed by atoms with Crippen LogP contribution in [0, 0.1) is 0 Å². The standard InChI is InChI=1S/C4H7O8P/c5-2(6)1-4(9,3(7)8)13(10,11)12/h9H,1H2,(H,5,6)(H,7,8)(H2,10,11,12). The number of hydrogen-bond acceptors (Lipinski definition) is 4. The minimum Gasteiger partial charge on any atom is -0.481 e. The van der Waals surface area contributed by atoms with Gasteiger partial charge in [-0.25, -0.2) is 4.79 Å². The number of hydrogen-bond donors (Lipinski definition) is 5. The zero-order chi connectivity index (χ0) is 10.9. The number of aliphatic hydroxyl groups is 1. The van der Waals surface area contributed by atoms with Gasteiger partial charge >= 0.3 is 19.5 Å². The van der Waals surface area contributed by atoms with E-state index in [2.05, 4.69) is 0 Å². The molecule has 0 aliphatic carbocycles. The molecule has 0 bridgehead atoms. The Bertz CT molecular complexity index is 278. The van der Waals surface area contributed by atoms with E-state index in [1.165, 1.54) is 0 Å². The molecule has 76 valence electrons. The zero-order valence-corrected chi connectivity index (χ0v) is 7.01. The van der Waals surface area contributed by atoms with Crippen molar-refractivity contribution in [3.63, 3.8) is 0 Å². The molecule has 1 unspecified atom stereocenters. The molecule has 0 radical (unpaired) electrons. The van der Waals surface area contributed by atoms with E-state index in [1.807, 2.05) is 0 Å². The molecule has 8 nitrogen and oxygen atoms in total. The summed E-state index contributed by atoms with van der Waals surface area (Å²) in [6, 6.07) is 0. The molecule has 0 fully saturated rings. The molecule has 0 aromatic rings. The highest BCUT2D eigenvalue weighted by molar-refractivity contribution is 7.54. The van der Waals surface area contributed by atoms with Crippen molar-refractivity contribution >= 4 is 19.5 Å². The molecule has 0 saturated heterocycles. The highest BCUT2D eigenvalue weighted by Crippen LogP contribution is 2.50. The molecule has 0 aliphatic rings. The summed E-state index contributed by atoms with van der Waals surface area (Å²) in [4.78, 5) is 36.9. The van der Waals surface area contributed by atoms with Gasteiger partial charge in [-0.15, -0.1) is 0 Å². The highest BCUT2D eigenvalue weighted by Gasteiger charge is 2.54. The van der Waals surface area contributed by atoms with Gasteiger partial charge in [0.2, 0.25) is 0 Å². The number of aliphatic carboxylic acids is 2. The topological polar surface area (TPSA) is 152 Å². The molecule has 9 heteroatoms. The Labute approximate surface area is 71.6 Å². The molecule has 0 aromatic carbocycles. The minimum atomic E-state index is -5.42. The lowest BCUT2D eigenvalue weighted by molar-refractivity contribution is -0.158. The fourth-order valence-corrected chi connectivity index (χ4v) is 1.10. The Kier molecular flexibility index (Phi) is 3.18. The first kappa shape index (κ1) is 12.0. The van der Waals surface area contributed by atoms with Crippen LogP contribution < -0.4 is 0 Å². The molecule has 0 spiro atoms. The lowest BCUT2D eigenvalue weighted by atomic mass is 10.2. The first-order valence-electron chi connectivity index (χ1n) is 2.84. The first-order chi connectivity index (χ1) is 5.61. The van der Waals surface area contributed by atoms with Gasteiger partial charge < -0.3 is 25.1 Å². The number of carboxylic acids is 2. The quantitative estimate of drug-likeness (QED) is 0.351. The summed E-state index contributed by atoms with van der Waals surface area (Å²) >= 11 is 0. The summed E-state index contributed by atoms with van der Waals surface area (Å²) in [5.41, 5.74) is 0. The maximum Gasteiger partial charge on any atom is 0.369 e. The van der Waals surface area contributed by atoms with Crippen LogP contribution in [0.3, 0.4) is 0 Å². The largest absolute Gasteiger partial charge is 0.481 e. The minimum absolute atomic E-state index is 1.56. The van der Waals surface area contributed by atoms with Gasteiger partial charge in [-0.05, 0) is 0 Å². The van der Waals surface area contributed by atoms with E-state index in [0.29, 0.717) is 0 Å². The SMILES string of the molecule is O=C(O)CC(O)(C(=O)O)P(=O)(O)O. The Morgan fingerprint density at radius 2 is 1.62 bits per heavy atom. The summed E-state index contributed by atoms with van der Waals surface area (Å²) in [7, 11) is -5.42. The third-order valence-electron chi connectivity index (χ3n) is 1.22. The van der Waals surface area contributed by atoms with Crippen molar-refractivity contribution in [1.82, 2.24) is 0 Å². The second kappa shape index (κ2) is 3.43. The maximum atomic E-state index is 10.4. The predicted octanol–water partition coefficient (Wildman–Crippen LogP) is -1.59. The van der Waals surface area contributed by atoms with Crippen LogP contribution in [-0.4, -0.2) is 42.4 Å².